The number of carbonyl (C=O) groups excluding carboxylic acids is 2. The molecule has 1 aliphatic rings. The predicted octanol–water partition coefficient (Wildman–Crippen LogP) is 4.33. The van der Waals surface area contributed by atoms with Crippen molar-refractivity contribution < 1.29 is 9.59 Å². The maximum Gasteiger partial charge on any atom is 0.136 e. The topological polar surface area (TPSA) is 34.1 Å². The number of ketones is 2. The maximum absolute atomic E-state index is 12.0. The molecule has 0 heterocycles. The summed E-state index contributed by atoms with van der Waals surface area (Å²) in [5, 5.41) is 2.59. The normalized spacial score (nSPS) is 18.9. The van der Waals surface area contributed by atoms with Gasteiger partial charge in [-0.05, 0) is 54.2 Å². The van der Waals surface area contributed by atoms with E-state index in [1.165, 1.54) is 27.5 Å². The largest absolute Gasteiger partial charge is 0.300 e. The fraction of sp³-hybridized carbons (Fsp3) is 0.400. The number of rotatable bonds is 3. The predicted molar refractivity (Wildman–Crippen MR) is 89.1 cm³/mol. The van der Waals surface area contributed by atoms with Crippen LogP contribution in [0.4, 0.5) is 0 Å². The van der Waals surface area contributed by atoms with Crippen LogP contribution in [-0.4, -0.2) is 11.6 Å². The lowest BCUT2D eigenvalue weighted by atomic mass is 9.82. The zero-order valence-corrected chi connectivity index (χ0v) is 13.3. The van der Waals surface area contributed by atoms with Gasteiger partial charge in [0.25, 0.3) is 0 Å². The molecule has 0 radical (unpaired) electrons. The SMILES string of the molecule is Cc1cc(CCC2CC(=O)CCC2=O)c(C)c2ccccc12. The molecule has 2 nitrogen and oxygen atoms in total. The van der Waals surface area contributed by atoms with Gasteiger partial charge in [-0.1, -0.05) is 30.3 Å². The number of hydrogen-bond acceptors (Lipinski definition) is 2. The van der Waals surface area contributed by atoms with Crippen LogP contribution in [0.1, 0.15) is 42.4 Å². The second kappa shape index (κ2) is 6.04. The Kier molecular flexibility index (Phi) is 4.10. The molecule has 1 unspecified atom stereocenters. The molecular formula is C20H22O2. The lowest BCUT2D eigenvalue weighted by molar-refractivity contribution is -0.133. The summed E-state index contributed by atoms with van der Waals surface area (Å²) in [5.74, 6) is 0.457. The monoisotopic (exact) mass is 294 g/mol. The first-order valence-electron chi connectivity index (χ1n) is 8.08. The molecule has 1 aliphatic carbocycles. The maximum atomic E-state index is 12.0. The molecule has 0 N–H and O–H groups in total. The minimum Gasteiger partial charge on any atom is -0.300 e. The minimum atomic E-state index is -0.0626. The van der Waals surface area contributed by atoms with Gasteiger partial charge in [0.15, 0.2) is 0 Å². The molecule has 1 atom stereocenters. The Morgan fingerprint density at radius 3 is 2.55 bits per heavy atom. The van der Waals surface area contributed by atoms with Gasteiger partial charge in [0, 0.05) is 25.2 Å². The number of aryl methyl sites for hydroxylation is 3. The first-order chi connectivity index (χ1) is 10.6. The molecule has 0 aliphatic heterocycles. The fourth-order valence-electron chi connectivity index (χ4n) is 3.58. The molecular weight excluding hydrogens is 272 g/mol. The van der Waals surface area contributed by atoms with Crippen LogP contribution in [0.25, 0.3) is 10.8 Å². The van der Waals surface area contributed by atoms with Crippen LogP contribution in [-0.2, 0) is 16.0 Å². The molecule has 1 saturated carbocycles. The van der Waals surface area contributed by atoms with Crippen molar-refractivity contribution >= 4 is 22.3 Å². The van der Waals surface area contributed by atoms with E-state index in [0.717, 1.165) is 12.8 Å². The molecule has 2 aromatic rings. The van der Waals surface area contributed by atoms with E-state index in [4.69, 9.17) is 0 Å². The van der Waals surface area contributed by atoms with E-state index in [-0.39, 0.29) is 17.5 Å². The van der Waals surface area contributed by atoms with E-state index >= 15 is 0 Å². The third-order valence-corrected chi connectivity index (χ3v) is 4.97. The van der Waals surface area contributed by atoms with E-state index in [0.29, 0.717) is 19.3 Å². The van der Waals surface area contributed by atoms with Gasteiger partial charge in [0.1, 0.15) is 11.6 Å². The lowest BCUT2D eigenvalue weighted by Gasteiger charge is -2.20. The smallest absolute Gasteiger partial charge is 0.136 e. The van der Waals surface area contributed by atoms with Gasteiger partial charge >= 0.3 is 0 Å². The molecule has 3 rings (SSSR count). The van der Waals surface area contributed by atoms with Crippen LogP contribution >= 0.6 is 0 Å². The number of Topliss-reactive ketones (excluding diaryl/α,β-unsaturated/α-hetero) is 2. The van der Waals surface area contributed by atoms with Crippen molar-refractivity contribution in [1.29, 1.82) is 0 Å². The Morgan fingerprint density at radius 1 is 1.05 bits per heavy atom. The summed E-state index contributed by atoms with van der Waals surface area (Å²) in [7, 11) is 0. The quantitative estimate of drug-likeness (QED) is 0.844. The fourth-order valence-corrected chi connectivity index (χ4v) is 3.58. The van der Waals surface area contributed by atoms with Gasteiger partial charge in [-0.15, -0.1) is 0 Å². The molecule has 114 valence electrons. The van der Waals surface area contributed by atoms with Crippen LogP contribution in [0.3, 0.4) is 0 Å². The Labute approximate surface area is 131 Å². The molecule has 2 heteroatoms. The molecule has 0 spiro atoms. The van der Waals surface area contributed by atoms with E-state index in [1.54, 1.807) is 0 Å². The first kappa shape index (κ1) is 15.0. The van der Waals surface area contributed by atoms with Gasteiger partial charge in [-0.25, -0.2) is 0 Å². The summed E-state index contributed by atoms with van der Waals surface area (Å²) in [6, 6.07) is 10.7. The van der Waals surface area contributed by atoms with E-state index in [9.17, 15) is 9.59 Å². The van der Waals surface area contributed by atoms with Gasteiger partial charge in [0.05, 0.1) is 0 Å². The van der Waals surface area contributed by atoms with E-state index < -0.39 is 0 Å². The highest BCUT2D eigenvalue weighted by atomic mass is 16.1. The number of fused-ring (bicyclic) bond motifs is 1. The average Bonchev–Trinajstić information content (AvgIpc) is 2.52. The van der Waals surface area contributed by atoms with Crippen LogP contribution < -0.4 is 0 Å². The highest BCUT2D eigenvalue weighted by Crippen LogP contribution is 2.28. The standard InChI is InChI=1S/C20H22O2/c1-13-11-15(14(2)19-6-4-3-5-18(13)19)7-8-16-12-17(21)9-10-20(16)22/h3-6,11,16H,7-10,12H2,1-2H3. The van der Waals surface area contributed by atoms with Crippen molar-refractivity contribution in [3.05, 3.63) is 47.0 Å². The van der Waals surface area contributed by atoms with Crippen molar-refractivity contribution in [3.8, 4) is 0 Å². The first-order valence-corrected chi connectivity index (χ1v) is 8.08. The second-order valence-electron chi connectivity index (χ2n) is 6.47. The van der Waals surface area contributed by atoms with Crippen molar-refractivity contribution in [2.24, 2.45) is 5.92 Å². The molecule has 0 amide bonds. The molecule has 0 saturated heterocycles. The molecule has 2 aromatic carbocycles. The van der Waals surface area contributed by atoms with Crippen molar-refractivity contribution in [2.75, 3.05) is 0 Å². The third kappa shape index (κ3) is 2.83. The van der Waals surface area contributed by atoms with Crippen LogP contribution in [0.2, 0.25) is 0 Å². The summed E-state index contributed by atoms with van der Waals surface area (Å²) in [4.78, 5) is 23.5. The van der Waals surface area contributed by atoms with Crippen LogP contribution in [0, 0.1) is 19.8 Å². The van der Waals surface area contributed by atoms with Crippen molar-refractivity contribution in [2.45, 2.75) is 46.0 Å². The lowest BCUT2D eigenvalue weighted by Crippen LogP contribution is -2.25. The zero-order valence-electron chi connectivity index (χ0n) is 13.3. The van der Waals surface area contributed by atoms with Gasteiger partial charge < -0.3 is 0 Å². The Bertz CT molecular complexity index is 743. The third-order valence-electron chi connectivity index (χ3n) is 4.97. The van der Waals surface area contributed by atoms with E-state index in [2.05, 4.69) is 44.2 Å². The van der Waals surface area contributed by atoms with Crippen LogP contribution in [0.5, 0.6) is 0 Å². The molecule has 22 heavy (non-hydrogen) atoms. The summed E-state index contributed by atoms with van der Waals surface area (Å²) in [6.45, 7) is 4.30. The summed E-state index contributed by atoms with van der Waals surface area (Å²) in [6.07, 6.45) is 3.01. The second-order valence-corrected chi connectivity index (χ2v) is 6.47. The summed E-state index contributed by atoms with van der Waals surface area (Å²) < 4.78 is 0. The van der Waals surface area contributed by atoms with Crippen molar-refractivity contribution in [3.63, 3.8) is 0 Å². The van der Waals surface area contributed by atoms with Crippen molar-refractivity contribution in [1.82, 2.24) is 0 Å². The number of carbonyl (C=O) groups is 2. The van der Waals surface area contributed by atoms with E-state index in [1.807, 2.05) is 0 Å². The molecule has 0 bridgehead atoms. The van der Waals surface area contributed by atoms with Crippen LogP contribution in [0.15, 0.2) is 30.3 Å². The summed E-state index contributed by atoms with van der Waals surface area (Å²) >= 11 is 0. The van der Waals surface area contributed by atoms with Gasteiger partial charge in [0.2, 0.25) is 0 Å². The molecule has 0 aromatic heterocycles. The Balaban J connectivity index is 1.83. The van der Waals surface area contributed by atoms with Gasteiger partial charge in [-0.3, -0.25) is 9.59 Å². The minimum absolute atomic E-state index is 0.0626. The van der Waals surface area contributed by atoms with Gasteiger partial charge in [-0.2, -0.15) is 0 Å². The zero-order chi connectivity index (χ0) is 15.7. The highest BCUT2D eigenvalue weighted by molar-refractivity contribution is 5.94. The molecule has 1 fully saturated rings. The number of hydrogen-bond donors (Lipinski definition) is 0. The summed E-state index contributed by atoms with van der Waals surface area (Å²) in [5.41, 5.74) is 3.89. The number of benzene rings is 2. The Hall–Kier alpha value is -1.96. The highest BCUT2D eigenvalue weighted by Gasteiger charge is 2.26. The average molecular weight is 294 g/mol. The Morgan fingerprint density at radius 2 is 1.77 bits per heavy atom.